The fourth-order valence-electron chi connectivity index (χ4n) is 1.68. The minimum absolute atomic E-state index is 0.108. The van der Waals surface area contributed by atoms with E-state index in [1.165, 1.54) is 0 Å². The molecule has 1 heterocycles. The van der Waals surface area contributed by atoms with Crippen molar-refractivity contribution in [1.82, 2.24) is 4.98 Å². The van der Waals surface area contributed by atoms with Crippen molar-refractivity contribution in [2.75, 3.05) is 0 Å². The summed E-state index contributed by atoms with van der Waals surface area (Å²) in [5, 5.41) is 8.98. The van der Waals surface area contributed by atoms with Crippen LogP contribution in [0.25, 0.3) is 11.5 Å². The van der Waals surface area contributed by atoms with Crippen LogP contribution < -0.4 is 0 Å². The van der Waals surface area contributed by atoms with Crippen molar-refractivity contribution in [3.8, 4) is 11.5 Å². The van der Waals surface area contributed by atoms with E-state index in [9.17, 15) is 18.0 Å². The lowest BCUT2D eigenvalue weighted by molar-refractivity contribution is 0.0661. The molecule has 1 aromatic heterocycles. The van der Waals surface area contributed by atoms with Gasteiger partial charge in [0.2, 0.25) is 11.7 Å². The lowest BCUT2D eigenvalue weighted by Crippen LogP contribution is -2.01. The van der Waals surface area contributed by atoms with Gasteiger partial charge in [0.15, 0.2) is 17.5 Å². The van der Waals surface area contributed by atoms with Crippen molar-refractivity contribution in [1.29, 1.82) is 0 Å². The van der Waals surface area contributed by atoms with E-state index in [-0.39, 0.29) is 11.6 Å². The number of oxazole rings is 1. The fourth-order valence-corrected chi connectivity index (χ4v) is 1.68. The summed E-state index contributed by atoms with van der Waals surface area (Å²) in [4.78, 5) is 14.9. The summed E-state index contributed by atoms with van der Waals surface area (Å²) in [5.74, 6) is -6.98. The van der Waals surface area contributed by atoms with Crippen molar-refractivity contribution < 1.29 is 27.5 Å². The summed E-state index contributed by atoms with van der Waals surface area (Å²) in [6, 6.07) is 1.66. The molecule has 0 spiro atoms. The van der Waals surface area contributed by atoms with Gasteiger partial charge in [0.1, 0.15) is 0 Å². The predicted octanol–water partition coefficient (Wildman–Crippen LogP) is 3.58. The summed E-state index contributed by atoms with van der Waals surface area (Å²) >= 11 is 0. The number of aromatic carboxylic acids is 1. The van der Waals surface area contributed by atoms with Crippen molar-refractivity contribution >= 4 is 5.97 Å². The highest BCUT2D eigenvalue weighted by Crippen LogP contribution is 2.29. The van der Waals surface area contributed by atoms with Gasteiger partial charge in [-0.25, -0.2) is 22.9 Å². The normalized spacial score (nSPS) is 11.1. The second-order valence-corrected chi connectivity index (χ2v) is 4.42. The topological polar surface area (TPSA) is 63.3 Å². The highest BCUT2D eigenvalue weighted by Gasteiger charge is 2.25. The zero-order chi connectivity index (χ0) is 15.0. The van der Waals surface area contributed by atoms with Crippen LogP contribution >= 0.6 is 0 Å². The Bertz CT molecular complexity index is 680. The van der Waals surface area contributed by atoms with Gasteiger partial charge in [-0.05, 0) is 18.1 Å². The largest absolute Gasteiger partial charge is 0.475 e. The molecule has 20 heavy (non-hydrogen) atoms. The maximum atomic E-state index is 13.6. The molecule has 2 rings (SSSR count). The molecule has 0 saturated carbocycles. The molecular formula is C13H10F3NO3. The van der Waals surface area contributed by atoms with Crippen LogP contribution in [0.15, 0.2) is 16.5 Å². The molecule has 0 radical (unpaired) electrons. The third-order valence-corrected chi connectivity index (χ3v) is 2.66. The molecule has 0 amide bonds. The molecule has 0 fully saturated rings. The van der Waals surface area contributed by atoms with Gasteiger partial charge in [0, 0.05) is 0 Å². The molecule has 0 unspecified atom stereocenters. The fraction of sp³-hybridized carbons (Fsp3) is 0.231. The molecular weight excluding hydrogens is 275 g/mol. The monoisotopic (exact) mass is 285 g/mol. The Balaban J connectivity index is 2.63. The summed E-state index contributed by atoms with van der Waals surface area (Å²) in [7, 11) is 0. The lowest BCUT2D eigenvalue weighted by Gasteiger charge is -2.00. The minimum atomic E-state index is -1.66. The van der Waals surface area contributed by atoms with E-state index < -0.39 is 40.6 Å². The molecule has 0 aliphatic carbocycles. The van der Waals surface area contributed by atoms with Gasteiger partial charge in [-0.3, -0.25) is 0 Å². The average Bonchev–Trinajstić information content (AvgIpc) is 2.81. The van der Waals surface area contributed by atoms with Crippen molar-refractivity contribution in [3.05, 3.63) is 41.0 Å². The molecule has 2 aromatic rings. The number of nitrogens with zero attached hydrogens (tertiary/aromatic N) is 1. The Morgan fingerprint density at radius 3 is 2.40 bits per heavy atom. The highest BCUT2D eigenvalue weighted by atomic mass is 19.2. The molecule has 0 atom stereocenters. The van der Waals surface area contributed by atoms with Crippen LogP contribution in [0.2, 0.25) is 0 Å². The minimum Gasteiger partial charge on any atom is -0.475 e. The second kappa shape index (κ2) is 4.99. The smallest absolute Gasteiger partial charge is 0.373 e. The van der Waals surface area contributed by atoms with Gasteiger partial charge >= 0.3 is 5.97 Å². The quantitative estimate of drug-likeness (QED) is 0.875. The number of benzene rings is 1. The Hall–Kier alpha value is -2.31. The van der Waals surface area contributed by atoms with Crippen LogP contribution in [0.3, 0.4) is 0 Å². The van der Waals surface area contributed by atoms with Crippen LogP contribution in [-0.2, 0) is 0 Å². The Labute approximate surface area is 111 Å². The lowest BCUT2D eigenvalue weighted by atomic mass is 10.1. The first-order chi connectivity index (χ1) is 9.32. The van der Waals surface area contributed by atoms with Crippen LogP contribution in [0, 0.1) is 17.5 Å². The Morgan fingerprint density at radius 1 is 1.25 bits per heavy atom. The number of hydrogen-bond donors (Lipinski definition) is 1. The summed E-state index contributed by atoms with van der Waals surface area (Å²) < 4.78 is 44.6. The molecule has 106 valence electrons. The Morgan fingerprint density at radius 2 is 1.90 bits per heavy atom. The number of hydrogen-bond acceptors (Lipinski definition) is 3. The number of aromatic nitrogens is 1. The zero-order valence-electron chi connectivity index (χ0n) is 10.6. The van der Waals surface area contributed by atoms with Crippen LogP contribution in [0.5, 0.6) is 0 Å². The van der Waals surface area contributed by atoms with E-state index >= 15 is 0 Å². The number of carboxylic acids is 1. The summed E-state index contributed by atoms with van der Waals surface area (Å²) in [6.45, 7) is 3.35. The first kappa shape index (κ1) is 14.1. The maximum Gasteiger partial charge on any atom is 0.373 e. The van der Waals surface area contributed by atoms with Crippen LogP contribution in [-0.4, -0.2) is 16.1 Å². The molecule has 7 heteroatoms. The number of rotatable bonds is 3. The molecule has 1 aromatic carbocycles. The summed E-state index contributed by atoms with van der Waals surface area (Å²) in [6.07, 6.45) is 0. The third kappa shape index (κ3) is 2.26. The highest BCUT2D eigenvalue weighted by molar-refractivity contribution is 5.86. The molecule has 0 aliphatic rings. The van der Waals surface area contributed by atoms with Gasteiger partial charge in [0.05, 0.1) is 11.3 Å². The van der Waals surface area contributed by atoms with Gasteiger partial charge in [-0.1, -0.05) is 13.8 Å². The maximum absolute atomic E-state index is 13.6. The van der Waals surface area contributed by atoms with Gasteiger partial charge in [0.25, 0.3) is 0 Å². The molecule has 0 aliphatic heterocycles. The van der Waals surface area contributed by atoms with E-state index in [0.717, 1.165) is 6.07 Å². The summed E-state index contributed by atoms with van der Waals surface area (Å²) in [5.41, 5.74) is -0.324. The standard InChI is InChI=1S/C13H10F3NO3/c1-5(2)10-11(13(18)19)20-12(17-10)6-3-4-7(14)9(16)8(6)15/h3-5H,1-2H3,(H,18,19). The van der Waals surface area contributed by atoms with Crippen LogP contribution in [0.4, 0.5) is 13.2 Å². The SMILES string of the molecule is CC(C)c1nc(-c2ccc(F)c(F)c2F)oc1C(=O)O. The van der Waals surface area contributed by atoms with E-state index in [1.807, 2.05) is 0 Å². The predicted molar refractivity (Wildman–Crippen MR) is 62.9 cm³/mol. The third-order valence-electron chi connectivity index (χ3n) is 2.66. The molecule has 4 nitrogen and oxygen atoms in total. The number of carbonyl (C=O) groups is 1. The average molecular weight is 285 g/mol. The van der Waals surface area contributed by atoms with E-state index in [2.05, 4.69) is 4.98 Å². The van der Waals surface area contributed by atoms with E-state index in [4.69, 9.17) is 9.52 Å². The van der Waals surface area contributed by atoms with Crippen LogP contribution in [0.1, 0.15) is 36.0 Å². The second-order valence-electron chi connectivity index (χ2n) is 4.42. The first-order valence-electron chi connectivity index (χ1n) is 5.70. The molecule has 0 bridgehead atoms. The zero-order valence-corrected chi connectivity index (χ0v) is 10.6. The number of carboxylic acid groups (broad SMARTS) is 1. The van der Waals surface area contributed by atoms with Gasteiger partial charge in [-0.2, -0.15) is 0 Å². The molecule has 0 saturated heterocycles. The van der Waals surface area contributed by atoms with E-state index in [0.29, 0.717) is 6.07 Å². The first-order valence-corrected chi connectivity index (χ1v) is 5.70. The van der Waals surface area contributed by atoms with Gasteiger partial charge in [-0.15, -0.1) is 0 Å². The van der Waals surface area contributed by atoms with Crippen molar-refractivity contribution in [2.45, 2.75) is 19.8 Å². The molecule has 1 N–H and O–H groups in total. The van der Waals surface area contributed by atoms with Crippen molar-refractivity contribution in [3.63, 3.8) is 0 Å². The number of halogens is 3. The Kier molecular flexibility index (Phi) is 3.52. The van der Waals surface area contributed by atoms with Gasteiger partial charge < -0.3 is 9.52 Å². The van der Waals surface area contributed by atoms with Crippen molar-refractivity contribution in [2.24, 2.45) is 0 Å². The van der Waals surface area contributed by atoms with E-state index in [1.54, 1.807) is 13.8 Å².